The summed E-state index contributed by atoms with van der Waals surface area (Å²) < 4.78 is 16.5. The molecule has 5 heteroatoms. The van der Waals surface area contributed by atoms with Crippen LogP contribution in [0.25, 0.3) is 22.6 Å². The topological polar surface area (TPSA) is 65.7 Å². The number of benzene rings is 2. The molecule has 0 N–H and O–H groups in total. The summed E-state index contributed by atoms with van der Waals surface area (Å²) in [6.45, 7) is 3.90. The first-order valence-corrected chi connectivity index (χ1v) is 10.2. The molecule has 31 heavy (non-hydrogen) atoms. The van der Waals surface area contributed by atoms with Gasteiger partial charge in [-0.3, -0.25) is 0 Å². The Bertz CT molecular complexity index is 984. The highest BCUT2D eigenvalue weighted by Crippen LogP contribution is 2.30. The summed E-state index contributed by atoms with van der Waals surface area (Å²) in [7, 11) is 0. The number of carbonyl (C=O) groups excluding carboxylic acids is 2. The van der Waals surface area contributed by atoms with Crippen molar-refractivity contribution in [2.45, 2.75) is 26.7 Å². The molecule has 0 aliphatic heterocycles. The van der Waals surface area contributed by atoms with E-state index in [4.69, 9.17) is 13.9 Å². The molecule has 5 nitrogen and oxygen atoms in total. The lowest BCUT2D eigenvalue weighted by atomic mass is 10.1. The van der Waals surface area contributed by atoms with Gasteiger partial charge in [-0.15, -0.1) is 0 Å². The van der Waals surface area contributed by atoms with Gasteiger partial charge in [-0.25, -0.2) is 9.59 Å². The number of carbonyl (C=O) groups is 2. The van der Waals surface area contributed by atoms with Gasteiger partial charge in [-0.05, 0) is 73.5 Å². The smallest absolute Gasteiger partial charge is 0.335 e. The molecule has 0 atom stereocenters. The fourth-order valence-electron chi connectivity index (χ4n) is 2.75. The summed E-state index contributed by atoms with van der Waals surface area (Å²) in [5.74, 6) is 1.54. The van der Waals surface area contributed by atoms with E-state index >= 15 is 0 Å². The van der Waals surface area contributed by atoms with Crippen LogP contribution in [0.1, 0.15) is 26.7 Å². The summed E-state index contributed by atoms with van der Waals surface area (Å²) in [6.07, 6.45) is 7.89. The summed E-state index contributed by atoms with van der Waals surface area (Å²) in [4.78, 5) is 23.3. The predicted molar refractivity (Wildman–Crippen MR) is 120 cm³/mol. The van der Waals surface area contributed by atoms with Gasteiger partial charge in [0.15, 0.2) is 0 Å². The van der Waals surface area contributed by atoms with E-state index in [2.05, 4.69) is 0 Å². The van der Waals surface area contributed by atoms with Gasteiger partial charge in [0.2, 0.25) is 0 Å². The monoisotopic (exact) mass is 416 g/mol. The summed E-state index contributed by atoms with van der Waals surface area (Å²) in [5, 5.41) is 0. The van der Waals surface area contributed by atoms with Gasteiger partial charge < -0.3 is 13.9 Å². The number of rotatable bonds is 8. The fourth-order valence-corrected chi connectivity index (χ4v) is 2.75. The van der Waals surface area contributed by atoms with Crippen LogP contribution in [0.4, 0.5) is 0 Å². The molecular weight excluding hydrogens is 392 g/mol. The van der Waals surface area contributed by atoms with Gasteiger partial charge in [0.1, 0.15) is 23.0 Å². The highest BCUT2D eigenvalue weighted by Gasteiger charge is 2.09. The number of allylic oxidation sites excluding steroid dienone is 2. The van der Waals surface area contributed by atoms with E-state index in [1.807, 2.05) is 50.2 Å². The average molecular weight is 416 g/mol. The fraction of sp³-hybridized carbons (Fsp3) is 0.154. The highest BCUT2D eigenvalue weighted by atomic mass is 16.5. The quantitative estimate of drug-likeness (QED) is 0.243. The minimum atomic E-state index is -0.398. The molecule has 0 amide bonds. The van der Waals surface area contributed by atoms with Crippen molar-refractivity contribution in [2.24, 2.45) is 0 Å². The summed E-state index contributed by atoms with van der Waals surface area (Å²) in [5.41, 5.74) is 1.73. The van der Waals surface area contributed by atoms with Crippen LogP contribution >= 0.6 is 0 Å². The zero-order chi connectivity index (χ0) is 22.1. The normalized spacial score (nSPS) is 11.2. The van der Waals surface area contributed by atoms with Crippen LogP contribution in [0.2, 0.25) is 0 Å². The number of esters is 2. The molecule has 1 heterocycles. The van der Waals surface area contributed by atoms with Crippen molar-refractivity contribution in [3.63, 3.8) is 0 Å². The number of furan rings is 1. The molecule has 0 aliphatic carbocycles. The number of hydrogen-bond donors (Lipinski definition) is 0. The standard InChI is InChI=1S/C26H24O5/c1-3-5-7-25(27)29-21-13-9-19(10-14-21)23-17-18-24(31-23)20-11-15-22(16-12-20)30-26(28)8-6-4-2/h5-18H,3-4H2,1-2H3/b7-5+,8-6+. The first kappa shape index (κ1) is 21.8. The highest BCUT2D eigenvalue weighted by molar-refractivity contribution is 5.84. The number of ether oxygens (including phenoxy) is 2. The Morgan fingerprint density at radius 1 is 0.677 bits per heavy atom. The molecule has 2 aromatic carbocycles. The molecule has 3 aromatic rings. The van der Waals surface area contributed by atoms with Crippen molar-refractivity contribution in [2.75, 3.05) is 0 Å². The van der Waals surface area contributed by atoms with E-state index in [1.165, 1.54) is 12.2 Å². The van der Waals surface area contributed by atoms with Crippen molar-refractivity contribution < 1.29 is 23.5 Å². The molecule has 0 radical (unpaired) electrons. The molecule has 0 aliphatic rings. The maximum atomic E-state index is 11.7. The Balaban J connectivity index is 1.66. The third-order valence-electron chi connectivity index (χ3n) is 4.30. The SMILES string of the molecule is CC/C=C/C(=O)Oc1ccc(-c2ccc(-c3ccc(OC(=O)/C=C/CC)cc3)o2)cc1. The Kier molecular flexibility index (Phi) is 7.60. The third-order valence-corrected chi connectivity index (χ3v) is 4.30. The molecule has 3 rings (SSSR count). The van der Waals surface area contributed by atoms with Gasteiger partial charge >= 0.3 is 11.9 Å². The molecular formula is C26H24O5. The van der Waals surface area contributed by atoms with Crippen LogP contribution in [-0.4, -0.2) is 11.9 Å². The molecule has 0 bridgehead atoms. The second kappa shape index (κ2) is 10.8. The molecule has 0 unspecified atom stereocenters. The van der Waals surface area contributed by atoms with Gasteiger partial charge in [0.25, 0.3) is 0 Å². The maximum Gasteiger partial charge on any atom is 0.335 e. The molecule has 0 saturated carbocycles. The van der Waals surface area contributed by atoms with Crippen LogP contribution < -0.4 is 9.47 Å². The van der Waals surface area contributed by atoms with E-state index in [-0.39, 0.29) is 0 Å². The minimum Gasteiger partial charge on any atom is -0.456 e. The lowest BCUT2D eigenvalue weighted by Gasteiger charge is -2.04. The van der Waals surface area contributed by atoms with E-state index in [9.17, 15) is 9.59 Å². The number of hydrogen-bond acceptors (Lipinski definition) is 5. The van der Waals surface area contributed by atoms with Gasteiger partial charge in [-0.2, -0.15) is 0 Å². The Hall–Kier alpha value is -3.86. The predicted octanol–water partition coefficient (Wildman–Crippen LogP) is 6.36. The molecule has 158 valence electrons. The third kappa shape index (κ3) is 6.31. The van der Waals surface area contributed by atoms with E-state index in [1.54, 1.807) is 36.4 Å². The largest absolute Gasteiger partial charge is 0.456 e. The zero-order valence-electron chi connectivity index (χ0n) is 17.5. The van der Waals surface area contributed by atoms with Crippen molar-refractivity contribution in [1.82, 2.24) is 0 Å². The maximum absolute atomic E-state index is 11.7. The van der Waals surface area contributed by atoms with Gasteiger partial charge in [0.05, 0.1) is 0 Å². The van der Waals surface area contributed by atoms with E-state index < -0.39 is 11.9 Å². The minimum absolute atomic E-state index is 0.398. The second-order valence-electron chi connectivity index (χ2n) is 6.68. The first-order chi connectivity index (χ1) is 15.1. The van der Waals surface area contributed by atoms with E-state index in [0.29, 0.717) is 23.0 Å². The van der Waals surface area contributed by atoms with Crippen LogP contribution in [0.3, 0.4) is 0 Å². The van der Waals surface area contributed by atoms with Gasteiger partial charge in [0, 0.05) is 23.3 Å². The van der Waals surface area contributed by atoms with Crippen molar-refractivity contribution in [3.8, 4) is 34.1 Å². The molecule has 0 spiro atoms. The van der Waals surface area contributed by atoms with Gasteiger partial charge in [-0.1, -0.05) is 26.0 Å². The lowest BCUT2D eigenvalue weighted by Crippen LogP contribution is -2.03. The van der Waals surface area contributed by atoms with Crippen LogP contribution in [0, 0.1) is 0 Å². The van der Waals surface area contributed by atoms with E-state index in [0.717, 1.165) is 24.0 Å². The molecule has 0 saturated heterocycles. The molecule has 1 aromatic heterocycles. The summed E-state index contributed by atoms with van der Waals surface area (Å²) in [6, 6.07) is 18.0. The van der Waals surface area contributed by atoms with Crippen LogP contribution in [-0.2, 0) is 9.59 Å². The second-order valence-corrected chi connectivity index (χ2v) is 6.68. The first-order valence-electron chi connectivity index (χ1n) is 10.2. The van der Waals surface area contributed by atoms with Crippen molar-refractivity contribution in [3.05, 3.63) is 85.0 Å². The lowest BCUT2D eigenvalue weighted by molar-refractivity contribution is -0.129. The zero-order valence-corrected chi connectivity index (χ0v) is 17.5. The van der Waals surface area contributed by atoms with Crippen molar-refractivity contribution in [1.29, 1.82) is 0 Å². The Labute approximate surface area is 181 Å². The Morgan fingerprint density at radius 3 is 1.42 bits per heavy atom. The van der Waals surface area contributed by atoms with Crippen molar-refractivity contribution >= 4 is 11.9 Å². The summed E-state index contributed by atoms with van der Waals surface area (Å²) >= 11 is 0. The van der Waals surface area contributed by atoms with Crippen LogP contribution in [0.15, 0.2) is 89.4 Å². The average Bonchev–Trinajstić information content (AvgIpc) is 3.27. The molecule has 0 fully saturated rings. The Morgan fingerprint density at radius 2 is 1.06 bits per heavy atom. The van der Waals surface area contributed by atoms with Crippen LogP contribution in [0.5, 0.6) is 11.5 Å².